The monoisotopic (exact) mass is 213 g/mol. The van der Waals surface area contributed by atoms with Crippen molar-refractivity contribution in [1.29, 1.82) is 0 Å². The zero-order valence-electron chi connectivity index (χ0n) is 9.92. The van der Waals surface area contributed by atoms with Crippen LogP contribution < -0.4 is 5.73 Å². The second-order valence-electron chi connectivity index (χ2n) is 4.67. The Bertz CT molecular complexity index is 210. The number of carbonyl (C=O) groups excluding carboxylic acids is 1. The number of hydrogen-bond acceptors (Lipinski definition) is 3. The van der Waals surface area contributed by atoms with E-state index in [4.69, 9.17) is 10.5 Å². The van der Waals surface area contributed by atoms with Gasteiger partial charge in [-0.2, -0.15) is 0 Å². The topological polar surface area (TPSA) is 52.3 Å². The lowest BCUT2D eigenvalue weighted by Gasteiger charge is -2.34. The van der Waals surface area contributed by atoms with Gasteiger partial charge in [-0.15, -0.1) is 0 Å². The highest BCUT2D eigenvalue weighted by Gasteiger charge is 2.40. The second kappa shape index (κ2) is 5.50. The van der Waals surface area contributed by atoms with E-state index in [2.05, 4.69) is 0 Å². The van der Waals surface area contributed by atoms with Gasteiger partial charge in [0.25, 0.3) is 0 Å². The maximum Gasteiger partial charge on any atom is 0.313 e. The lowest BCUT2D eigenvalue weighted by molar-refractivity contribution is -0.162. The van der Waals surface area contributed by atoms with Crippen molar-refractivity contribution in [3.63, 3.8) is 0 Å². The molecule has 1 atom stereocenters. The Labute approximate surface area is 92.4 Å². The van der Waals surface area contributed by atoms with Crippen LogP contribution in [0.15, 0.2) is 0 Å². The van der Waals surface area contributed by atoms with Gasteiger partial charge in [-0.05, 0) is 26.2 Å². The molecule has 1 aliphatic carbocycles. The molecule has 1 rings (SSSR count). The average Bonchev–Trinajstić information content (AvgIpc) is 2.29. The van der Waals surface area contributed by atoms with Crippen LogP contribution in [-0.2, 0) is 9.53 Å². The molecule has 1 unspecified atom stereocenters. The Morgan fingerprint density at radius 2 is 2.00 bits per heavy atom. The van der Waals surface area contributed by atoms with Gasteiger partial charge in [0.15, 0.2) is 0 Å². The first-order valence-corrected chi connectivity index (χ1v) is 6.06. The SMILES string of the molecule is CCC(C)OC(=O)C1(CN)CCCCC1. The van der Waals surface area contributed by atoms with Gasteiger partial charge >= 0.3 is 5.97 Å². The first-order valence-electron chi connectivity index (χ1n) is 6.06. The molecule has 15 heavy (non-hydrogen) atoms. The van der Waals surface area contributed by atoms with E-state index in [-0.39, 0.29) is 17.5 Å². The summed E-state index contributed by atoms with van der Waals surface area (Å²) in [5, 5.41) is 0. The summed E-state index contributed by atoms with van der Waals surface area (Å²) >= 11 is 0. The Hall–Kier alpha value is -0.570. The highest BCUT2D eigenvalue weighted by molar-refractivity contribution is 5.77. The number of hydrogen-bond donors (Lipinski definition) is 1. The summed E-state index contributed by atoms with van der Waals surface area (Å²) in [6.07, 6.45) is 6.12. The Morgan fingerprint density at radius 1 is 1.40 bits per heavy atom. The van der Waals surface area contributed by atoms with E-state index in [1.807, 2.05) is 13.8 Å². The fourth-order valence-electron chi connectivity index (χ4n) is 2.11. The largest absolute Gasteiger partial charge is 0.462 e. The molecule has 1 fully saturated rings. The molecule has 0 saturated heterocycles. The summed E-state index contributed by atoms with van der Waals surface area (Å²) in [5.41, 5.74) is 5.38. The summed E-state index contributed by atoms with van der Waals surface area (Å²) in [4.78, 5) is 12.0. The van der Waals surface area contributed by atoms with Gasteiger partial charge in [-0.25, -0.2) is 0 Å². The Balaban J connectivity index is 2.59. The third kappa shape index (κ3) is 2.94. The summed E-state index contributed by atoms with van der Waals surface area (Å²) in [6, 6.07) is 0. The molecule has 1 aliphatic rings. The summed E-state index contributed by atoms with van der Waals surface area (Å²) in [7, 11) is 0. The van der Waals surface area contributed by atoms with Gasteiger partial charge in [-0.3, -0.25) is 4.79 Å². The van der Waals surface area contributed by atoms with E-state index in [1.54, 1.807) is 0 Å². The highest BCUT2D eigenvalue weighted by Crippen LogP contribution is 2.36. The van der Waals surface area contributed by atoms with Crippen LogP contribution in [-0.4, -0.2) is 18.6 Å². The van der Waals surface area contributed by atoms with Gasteiger partial charge < -0.3 is 10.5 Å². The summed E-state index contributed by atoms with van der Waals surface area (Å²) < 4.78 is 5.41. The van der Waals surface area contributed by atoms with Gasteiger partial charge in [0.1, 0.15) is 0 Å². The van der Waals surface area contributed by atoms with Crippen LogP contribution in [0, 0.1) is 5.41 Å². The Kier molecular flexibility index (Phi) is 4.58. The van der Waals surface area contributed by atoms with Crippen LogP contribution in [0.2, 0.25) is 0 Å². The van der Waals surface area contributed by atoms with E-state index >= 15 is 0 Å². The standard InChI is InChI=1S/C12H23NO2/c1-3-10(2)15-11(14)12(9-13)7-5-4-6-8-12/h10H,3-9,13H2,1-2H3. The lowest BCUT2D eigenvalue weighted by Crippen LogP contribution is -2.42. The van der Waals surface area contributed by atoms with E-state index in [0.717, 1.165) is 32.1 Å². The molecule has 0 radical (unpaired) electrons. The fraction of sp³-hybridized carbons (Fsp3) is 0.917. The molecule has 3 nitrogen and oxygen atoms in total. The predicted molar refractivity (Wildman–Crippen MR) is 60.4 cm³/mol. The van der Waals surface area contributed by atoms with Crippen LogP contribution >= 0.6 is 0 Å². The van der Waals surface area contributed by atoms with Crippen LogP contribution in [0.3, 0.4) is 0 Å². The lowest BCUT2D eigenvalue weighted by atomic mass is 9.74. The minimum absolute atomic E-state index is 0.0165. The van der Waals surface area contributed by atoms with Crippen LogP contribution in [0.4, 0.5) is 0 Å². The van der Waals surface area contributed by atoms with Crippen molar-refractivity contribution < 1.29 is 9.53 Å². The zero-order valence-corrected chi connectivity index (χ0v) is 9.92. The molecule has 0 aromatic carbocycles. The van der Waals surface area contributed by atoms with Crippen molar-refractivity contribution in [3.8, 4) is 0 Å². The molecule has 0 aromatic heterocycles. The normalized spacial score (nSPS) is 22.1. The Morgan fingerprint density at radius 3 is 2.47 bits per heavy atom. The van der Waals surface area contributed by atoms with Gasteiger partial charge in [0.2, 0.25) is 0 Å². The number of nitrogens with two attached hydrogens (primary N) is 1. The van der Waals surface area contributed by atoms with Crippen molar-refractivity contribution in [2.24, 2.45) is 11.1 Å². The van der Waals surface area contributed by atoms with Gasteiger partial charge in [0, 0.05) is 6.54 Å². The number of esters is 1. The number of carbonyl (C=O) groups is 1. The maximum atomic E-state index is 12.0. The maximum absolute atomic E-state index is 12.0. The average molecular weight is 213 g/mol. The molecular formula is C12H23NO2. The predicted octanol–water partition coefficient (Wildman–Crippen LogP) is 2.24. The third-order valence-electron chi connectivity index (χ3n) is 3.52. The smallest absolute Gasteiger partial charge is 0.313 e. The van der Waals surface area contributed by atoms with Crippen LogP contribution in [0.1, 0.15) is 52.4 Å². The molecule has 2 N–H and O–H groups in total. The minimum atomic E-state index is -0.373. The van der Waals surface area contributed by atoms with Crippen molar-refractivity contribution in [3.05, 3.63) is 0 Å². The van der Waals surface area contributed by atoms with Crippen molar-refractivity contribution in [2.75, 3.05) is 6.54 Å². The third-order valence-corrected chi connectivity index (χ3v) is 3.52. The minimum Gasteiger partial charge on any atom is -0.462 e. The molecule has 3 heteroatoms. The molecule has 0 aromatic rings. The van der Waals surface area contributed by atoms with Crippen molar-refractivity contribution in [2.45, 2.75) is 58.5 Å². The van der Waals surface area contributed by atoms with Crippen LogP contribution in [0.25, 0.3) is 0 Å². The van der Waals surface area contributed by atoms with E-state index in [9.17, 15) is 4.79 Å². The molecule has 0 aliphatic heterocycles. The highest BCUT2D eigenvalue weighted by atomic mass is 16.5. The van der Waals surface area contributed by atoms with Crippen molar-refractivity contribution in [1.82, 2.24) is 0 Å². The molecule has 0 bridgehead atoms. The quantitative estimate of drug-likeness (QED) is 0.729. The van der Waals surface area contributed by atoms with E-state index in [1.165, 1.54) is 6.42 Å². The summed E-state index contributed by atoms with van der Waals surface area (Å²) in [5.74, 6) is -0.0703. The molecule has 1 saturated carbocycles. The van der Waals surface area contributed by atoms with E-state index < -0.39 is 0 Å². The first kappa shape index (κ1) is 12.5. The summed E-state index contributed by atoms with van der Waals surface area (Å²) in [6.45, 7) is 4.39. The molecule has 0 amide bonds. The zero-order chi connectivity index (χ0) is 11.3. The molecular weight excluding hydrogens is 190 g/mol. The molecule has 88 valence electrons. The van der Waals surface area contributed by atoms with Gasteiger partial charge in [0.05, 0.1) is 11.5 Å². The first-order chi connectivity index (χ1) is 7.14. The molecule has 0 spiro atoms. The van der Waals surface area contributed by atoms with Gasteiger partial charge in [-0.1, -0.05) is 26.2 Å². The second-order valence-corrected chi connectivity index (χ2v) is 4.67. The van der Waals surface area contributed by atoms with E-state index in [0.29, 0.717) is 6.54 Å². The van der Waals surface area contributed by atoms with Crippen molar-refractivity contribution >= 4 is 5.97 Å². The molecule has 0 heterocycles. The van der Waals surface area contributed by atoms with Crippen LogP contribution in [0.5, 0.6) is 0 Å². The number of rotatable bonds is 4. The fourth-order valence-corrected chi connectivity index (χ4v) is 2.11. The number of ether oxygens (including phenoxy) is 1.